The van der Waals surface area contributed by atoms with Crippen molar-refractivity contribution >= 4 is 34.8 Å². The highest BCUT2D eigenvalue weighted by Crippen LogP contribution is 2.32. The van der Waals surface area contributed by atoms with E-state index < -0.39 is 15.8 Å². The molecule has 11 heteroatoms. The molecular weight excluding hydrogens is 466 g/mol. The number of aromatic nitrogens is 4. The second-order valence-corrected chi connectivity index (χ2v) is 10.8. The van der Waals surface area contributed by atoms with Gasteiger partial charge < -0.3 is 5.32 Å². The van der Waals surface area contributed by atoms with Crippen molar-refractivity contribution in [2.24, 2.45) is 0 Å². The molecule has 35 heavy (non-hydrogen) atoms. The highest BCUT2D eigenvalue weighted by molar-refractivity contribution is 7.89. The van der Waals surface area contributed by atoms with Crippen molar-refractivity contribution in [3.8, 4) is 0 Å². The quantitative estimate of drug-likeness (QED) is 0.414. The van der Waals surface area contributed by atoms with Crippen LogP contribution in [0, 0.1) is 12.7 Å². The minimum atomic E-state index is -3.76. The van der Waals surface area contributed by atoms with Crippen LogP contribution in [0.1, 0.15) is 35.6 Å². The summed E-state index contributed by atoms with van der Waals surface area (Å²) in [5.41, 5.74) is 4.25. The first-order chi connectivity index (χ1) is 16.8. The van der Waals surface area contributed by atoms with E-state index in [2.05, 4.69) is 15.4 Å². The molecule has 1 N–H and O–H groups in total. The number of benzene rings is 1. The maximum absolute atomic E-state index is 13.8. The van der Waals surface area contributed by atoms with Gasteiger partial charge in [-0.15, -0.1) is 0 Å². The SMILES string of the molecule is Bc1cnn2c(NCc3cccnc3)cc(C3CCN(S(=O)(=O)c4cc(F)ccc4C)CC3)nc12. The predicted octanol–water partition coefficient (Wildman–Crippen LogP) is 2.01. The molecule has 1 aliphatic rings. The van der Waals surface area contributed by atoms with Crippen LogP contribution in [0.15, 0.2) is 59.9 Å². The molecule has 1 aliphatic heterocycles. The summed E-state index contributed by atoms with van der Waals surface area (Å²) in [6, 6.07) is 9.79. The van der Waals surface area contributed by atoms with E-state index in [9.17, 15) is 12.8 Å². The van der Waals surface area contributed by atoms with E-state index in [1.807, 2.05) is 32.2 Å². The standard InChI is InChI=1S/C24H26BFN6O2S/c1-16-4-5-19(26)11-22(16)35(33,34)31-9-6-18(7-10-31)21-12-23(28-14-17-3-2-8-27-13-17)32-24(30-21)20(25)15-29-32/h2-5,8,11-13,15,18,28H,6-7,9-10,14,25H2,1H3. The van der Waals surface area contributed by atoms with Crippen molar-refractivity contribution in [2.45, 2.75) is 37.1 Å². The lowest BCUT2D eigenvalue weighted by molar-refractivity contribution is 0.316. The minimum Gasteiger partial charge on any atom is -0.366 e. The number of pyridine rings is 1. The lowest BCUT2D eigenvalue weighted by atomic mass is 9.94. The van der Waals surface area contributed by atoms with Gasteiger partial charge in [0.2, 0.25) is 10.0 Å². The van der Waals surface area contributed by atoms with Gasteiger partial charge in [-0.3, -0.25) is 4.98 Å². The van der Waals surface area contributed by atoms with E-state index >= 15 is 0 Å². The van der Waals surface area contributed by atoms with E-state index in [0.29, 0.717) is 38.0 Å². The number of anilines is 1. The molecule has 0 aliphatic carbocycles. The number of hydrogen-bond donors (Lipinski definition) is 1. The highest BCUT2D eigenvalue weighted by atomic mass is 32.2. The number of piperidine rings is 1. The molecular formula is C24H26BFN6O2S. The molecule has 0 atom stereocenters. The molecule has 8 nitrogen and oxygen atoms in total. The largest absolute Gasteiger partial charge is 0.366 e. The topological polar surface area (TPSA) is 92.5 Å². The van der Waals surface area contributed by atoms with Gasteiger partial charge in [0.15, 0.2) is 5.65 Å². The third kappa shape index (κ3) is 4.65. The number of sulfonamides is 1. The first-order valence-electron chi connectivity index (χ1n) is 11.6. The van der Waals surface area contributed by atoms with Crippen molar-refractivity contribution in [3.05, 3.63) is 77.6 Å². The lowest BCUT2D eigenvalue weighted by Crippen LogP contribution is -2.38. The number of aryl methyl sites for hydroxylation is 1. The minimum absolute atomic E-state index is 0.0345. The maximum Gasteiger partial charge on any atom is 0.243 e. The molecule has 0 saturated carbocycles. The molecule has 0 amide bonds. The van der Waals surface area contributed by atoms with Gasteiger partial charge >= 0.3 is 0 Å². The second kappa shape index (κ2) is 9.39. The van der Waals surface area contributed by atoms with Crippen LogP contribution in [0.3, 0.4) is 0 Å². The molecule has 1 saturated heterocycles. The monoisotopic (exact) mass is 492 g/mol. The number of rotatable bonds is 6. The van der Waals surface area contributed by atoms with Crippen LogP contribution >= 0.6 is 0 Å². The first-order valence-corrected chi connectivity index (χ1v) is 13.0. The molecule has 0 spiro atoms. The Morgan fingerprint density at radius 1 is 1.17 bits per heavy atom. The van der Waals surface area contributed by atoms with Gasteiger partial charge in [0.1, 0.15) is 19.5 Å². The Bertz CT molecular complexity index is 1470. The molecule has 0 radical (unpaired) electrons. The Morgan fingerprint density at radius 2 is 1.97 bits per heavy atom. The molecule has 0 unspecified atom stereocenters. The Kier molecular flexibility index (Phi) is 6.29. The normalized spacial score (nSPS) is 15.5. The Balaban J connectivity index is 1.37. The molecule has 1 aromatic carbocycles. The van der Waals surface area contributed by atoms with E-state index in [1.54, 1.807) is 23.8 Å². The zero-order valence-electron chi connectivity index (χ0n) is 19.6. The Labute approximate surface area is 204 Å². The van der Waals surface area contributed by atoms with Gasteiger partial charge in [0, 0.05) is 55.9 Å². The van der Waals surface area contributed by atoms with E-state index in [-0.39, 0.29) is 10.8 Å². The van der Waals surface area contributed by atoms with Gasteiger partial charge in [-0.05, 0) is 54.6 Å². The number of nitrogens with zero attached hydrogens (tertiary/aromatic N) is 5. The van der Waals surface area contributed by atoms with Crippen LogP contribution in [0.25, 0.3) is 5.65 Å². The van der Waals surface area contributed by atoms with Gasteiger partial charge in [0.05, 0.1) is 4.90 Å². The van der Waals surface area contributed by atoms with E-state index in [4.69, 9.17) is 4.98 Å². The summed E-state index contributed by atoms with van der Waals surface area (Å²) in [6.07, 6.45) is 6.61. The summed E-state index contributed by atoms with van der Waals surface area (Å²) in [4.78, 5) is 9.07. The fraction of sp³-hybridized carbons (Fsp3) is 0.292. The average Bonchev–Trinajstić information content (AvgIpc) is 3.25. The van der Waals surface area contributed by atoms with Gasteiger partial charge in [-0.1, -0.05) is 12.1 Å². The van der Waals surface area contributed by atoms with Crippen molar-refractivity contribution in [3.63, 3.8) is 0 Å². The number of nitrogens with one attached hydrogen (secondary N) is 1. The highest BCUT2D eigenvalue weighted by Gasteiger charge is 2.32. The van der Waals surface area contributed by atoms with Crippen LogP contribution in [-0.2, 0) is 16.6 Å². The summed E-state index contributed by atoms with van der Waals surface area (Å²) in [7, 11) is -1.79. The molecule has 4 aromatic rings. The number of hydrogen-bond acceptors (Lipinski definition) is 6. The number of halogens is 1. The van der Waals surface area contributed by atoms with Crippen LogP contribution in [0.5, 0.6) is 0 Å². The van der Waals surface area contributed by atoms with Crippen LogP contribution in [-0.4, -0.2) is 53.2 Å². The second-order valence-electron chi connectivity index (χ2n) is 8.93. The lowest BCUT2D eigenvalue weighted by Gasteiger charge is -2.31. The zero-order chi connectivity index (χ0) is 24.6. The van der Waals surface area contributed by atoms with Crippen molar-refractivity contribution in [2.75, 3.05) is 18.4 Å². The maximum atomic E-state index is 13.8. The van der Waals surface area contributed by atoms with Gasteiger partial charge in [-0.2, -0.15) is 13.9 Å². The molecule has 0 bridgehead atoms. The molecule has 1 fully saturated rings. The average molecular weight is 492 g/mol. The Morgan fingerprint density at radius 3 is 2.71 bits per heavy atom. The van der Waals surface area contributed by atoms with Gasteiger partial charge in [0.25, 0.3) is 0 Å². The fourth-order valence-electron chi connectivity index (χ4n) is 4.50. The first kappa shape index (κ1) is 23.4. The summed E-state index contributed by atoms with van der Waals surface area (Å²) < 4.78 is 43.4. The zero-order valence-corrected chi connectivity index (χ0v) is 20.5. The third-order valence-electron chi connectivity index (χ3n) is 6.50. The van der Waals surface area contributed by atoms with Crippen molar-refractivity contribution in [1.29, 1.82) is 0 Å². The van der Waals surface area contributed by atoms with E-state index in [0.717, 1.165) is 34.3 Å². The Hall–Kier alpha value is -3.31. The summed E-state index contributed by atoms with van der Waals surface area (Å²) >= 11 is 0. The summed E-state index contributed by atoms with van der Waals surface area (Å²) in [5, 5.41) is 7.91. The fourth-order valence-corrected chi connectivity index (χ4v) is 6.21. The molecule has 180 valence electrons. The van der Waals surface area contributed by atoms with Gasteiger partial charge in [-0.25, -0.2) is 17.8 Å². The molecule has 4 heterocycles. The smallest absolute Gasteiger partial charge is 0.243 e. The molecule has 5 rings (SSSR count). The molecule has 3 aromatic heterocycles. The van der Waals surface area contributed by atoms with Crippen molar-refractivity contribution < 1.29 is 12.8 Å². The van der Waals surface area contributed by atoms with Crippen LogP contribution in [0.2, 0.25) is 0 Å². The summed E-state index contributed by atoms with van der Waals surface area (Å²) in [5.74, 6) is 0.379. The third-order valence-corrected chi connectivity index (χ3v) is 8.55. The van der Waals surface area contributed by atoms with E-state index in [1.165, 1.54) is 16.4 Å². The number of fused-ring (bicyclic) bond motifs is 1. The summed E-state index contributed by atoms with van der Waals surface area (Å²) in [6.45, 7) is 2.99. The van der Waals surface area contributed by atoms with Crippen LogP contribution < -0.4 is 10.8 Å². The predicted molar refractivity (Wildman–Crippen MR) is 135 cm³/mol. The van der Waals surface area contributed by atoms with Crippen molar-refractivity contribution in [1.82, 2.24) is 23.9 Å². The van der Waals surface area contributed by atoms with Crippen LogP contribution in [0.4, 0.5) is 10.2 Å².